The molecule has 1 unspecified atom stereocenters. The van der Waals surface area contributed by atoms with Crippen LogP contribution >= 0.6 is 27.7 Å². The molecule has 2 heterocycles. The van der Waals surface area contributed by atoms with Gasteiger partial charge in [-0.15, -0.1) is 0 Å². The van der Waals surface area contributed by atoms with Gasteiger partial charge in [-0.3, -0.25) is 4.68 Å². The van der Waals surface area contributed by atoms with Crippen molar-refractivity contribution in [3.8, 4) is 0 Å². The summed E-state index contributed by atoms with van der Waals surface area (Å²) in [5.41, 5.74) is 2.36. The number of aromatic nitrogens is 2. The van der Waals surface area contributed by atoms with E-state index in [9.17, 15) is 0 Å². The maximum absolute atomic E-state index is 4.50. The van der Waals surface area contributed by atoms with Gasteiger partial charge < -0.3 is 5.32 Å². The minimum atomic E-state index is 0.859. The molecule has 0 spiro atoms. The van der Waals surface area contributed by atoms with E-state index in [1.807, 2.05) is 6.92 Å². The van der Waals surface area contributed by atoms with Gasteiger partial charge in [0.15, 0.2) is 0 Å². The summed E-state index contributed by atoms with van der Waals surface area (Å²) < 4.78 is 3.24. The molecule has 96 valence electrons. The lowest BCUT2D eigenvalue weighted by molar-refractivity contribution is 0.504. The fourth-order valence-corrected chi connectivity index (χ4v) is 3.89. The van der Waals surface area contributed by atoms with Crippen LogP contribution in [0.4, 0.5) is 0 Å². The SMILES string of the molecule is CCn1nc(C)c(Br)c1CNCC1CCSC1. The molecule has 1 aliphatic heterocycles. The Morgan fingerprint density at radius 3 is 3.06 bits per heavy atom. The molecule has 0 aromatic carbocycles. The predicted octanol–water partition coefficient (Wildman–Crippen LogP) is 2.82. The standard InChI is InChI=1S/C12H20BrN3S/c1-3-16-11(12(13)9(2)15-16)7-14-6-10-4-5-17-8-10/h10,14H,3-8H2,1-2H3. The van der Waals surface area contributed by atoms with Crippen LogP contribution in [0.3, 0.4) is 0 Å². The quantitative estimate of drug-likeness (QED) is 0.905. The summed E-state index contributed by atoms with van der Waals surface area (Å²) in [6.45, 7) is 7.16. The summed E-state index contributed by atoms with van der Waals surface area (Å²) >= 11 is 5.70. The average molecular weight is 318 g/mol. The molecule has 1 saturated heterocycles. The van der Waals surface area contributed by atoms with Gasteiger partial charge in [0.2, 0.25) is 0 Å². The van der Waals surface area contributed by atoms with Crippen LogP contribution in [0.2, 0.25) is 0 Å². The second-order valence-corrected chi connectivity index (χ2v) is 6.47. The maximum atomic E-state index is 4.50. The smallest absolute Gasteiger partial charge is 0.0739 e. The molecular formula is C12H20BrN3S. The minimum Gasteiger partial charge on any atom is -0.311 e. The van der Waals surface area contributed by atoms with Gasteiger partial charge in [0.1, 0.15) is 0 Å². The highest BCUT2D eigenvalue weighted by Gasteiger charge is 2.16. The van der Waals surface area contributed by atoms with Crippen LogP contribution in [-0.2, 0) is 13.1 Å². The molecule has 0 aliphatic carbocycles. The van der Waals surface area contributed by atoms with Gasteiger partial charge in [-0.2, -0.15) is 16.9 Å². The second kappa shape index (κ2) is 6.25. The van der Waals surface area contributed by atoms with E-state index >= 15 is 0 Å². The molecule has 1 aromatic rings. The topological polar surface area (TPSA) is 29.9 Å². The van der Waals surface area contributed by atoms with Crippen LogP contribution in [0, 0.1) is 12.8 Å². The number of aryl methyl sites for hydroxylation is 2. The van der Waals surface area contributed by atoms with E-state index in [1.165, 1.54) is 23.6 Å². The van der Waals surface area contributed by atoms with Gasteiger partial charge in [0.25, 0.3) is 0 Å². The van der Waals surface area contributed by atoms with Crippen molar-refractivity contribution in [3.63, 3.8) is 0 Å². The van der Waals surface area contributed by atoms with E-state index in [4.69, 9.17) is 0 Å². The normalized spacial score (nSPS) is 20.1. The second-order valence-electron chi connectivity index (χ2n) is 4.52. The van der Waals surface area contributed by atoms with E-state index in [2.05, 4.69) is 49.7 Å². The number of thioether (sulfide) groups is 1. The summed E-state index contributed by atoms with van der Waals surface area (Å²) in [6.07, 6.45) is 1.37. The third kappa shape index (κ3) is 3.26. The Kier molecular flexibility index (Phi) is 4.94. The van der Waals surface area contributed by atoms with Crippen molar-refractivity contribution in [2.45, 2.75) is 33.4 Å². The molecule has 1 aliphatic rings. The Balaban J connectivity index is 1.89. The molecule has 1 N–H and O–H groups in total. The fourth-order valence-electron chi connectivity index (χ4n) is 2.18. The molecule has 17 heavy (non-hydrogen) atoms. The third-order valence-electron chi connectivity index (χ3n) is 3.20. The zero-order chi connectivity index (χ0) is 12.3. The Hall–Kier alpha value is -0.0000000000000000555. The van der Waals surface area contributed by atoms with Crippen molar-refractivity contribution in [1.29, 1.82) is 0 Å². The van der Waals surface area contributed by atoms with Gasteiger partial charge in [-0.05, 0) is 60.2 Å². The minimum absolute atomic E-state index is 0.859. The van der Waals surface area contributed by atoms with Crippen LogP contribution in [0.25, 0.3) is 0 Å². The Labute approximate surface area is 116 Å². The van der Waals surface area contributed by atoms with E-state index in [0.717, 1.165) is 35.7 Å². The summed E-state index contributed by atoms with van der Waals surface area (Å²) in [6, 6.07) is 0. The first kappa shape index (κ1) is 13.4. The lowest BCUT2D eigenvalue weighted by Gasteiger charge is -2.11. The van der Waals surface area contributed by atoms with Gasteiger partial charge in [-0.1, -0.05) is 0 Å². The van der Waals surface area contributed by atoms with Crippen molar-refractivity contribution >= 4 is 27.7 Å². The summed E-state index contributed by atoms with van der Waals surface area (Å²) in [7, 11) is 0. The first-order valence-electron chi connectivity index (χ1n) is 6.22. The highest BCUT2D eigenvalue weighted by atomic mass is 79.9. The number of nitrogens with one attached hydrogen (secondary N) is 1. The number of hydrogen-bond donors (Lipinski definition) is 1. The number of rotatable bonds is 5. The van der Waals surface area contributed by atoms with Gasteiger partial charge in [0, 0.05) is 13.1 Å². The van der Waals surface area contributed by atoms with Crippen LogP contribution in [0.15, 0.2) is 4.47 Å². The summed E-state index contributed by atoms with van der Waals surface area (Å²) in [5, 5.41) is 8.07. The molecule has 1 fully saturated rings. The van der Waals surface area contributed by atoms with Gasteiger partial charge in [-0.25, -0.2) is 0 Å². The molecular weight excluding hydrogens is 298 g/mol. The van der Waals surface area contributed by atoms with Crippen LogP contribution in [0.1, 0.15) is 24.7 Å². The number of hydrogen-bond acceptors (Lipinski definition) is 3. The highest BCUT2D eigenvalue weighted by molar-refractivity contribution is 9.10. The van der Waals surface area contributed by atoms with Gasteiger partial charge in [0.05, 0.1) is 15.9 Å². The van der Waals surface area contributed by atoms with Crippen LogP contribution < -0.4 is 5.32 Å². The number of halogens is 1. The van der Waals surface area contributed by atoms with E-state index < -0.39 is 0 Å². The Bertz CT molecular complexity index is 372. The molecule has 1 atom stereocenters. The van der Waals surface area contributed by atoms with Crippen molar-refractivity contribution < 1.29 is 0 Å². The van der Waals surface area contributed by atoms with Gasteiger partial charge >= 0.3 is 0 Å². The molecule has 0 radical (unpaired) electrons. The lowest BCUT2D eigenvalue weighted by atomic mass is 10.1. The predicted molar refractivity (Wildman–Crippen MR) is 77.5 cm³/mol. The van der Waals surface area contributed by atoms with Crippen molar-refractivity contribution in [1.82, 2.24) is 15.1 Å². The van der Waals surface area contributed by atoms with E-state index in [-0.39, 0.29) is 0 Å². The van der Waals surface area contributed by atoms with E-state index in [1.54, 1.807) is 0 Å². The van der Waals surface area contributed by atoms with Crippen LogP contribution in [-0.4, -0.2) is 27.8 Å². The molecule has 3 nitrogen and oxygen atoms in total. The molecule has 1 aromatic heterocycles. The first-order chi connectivity index (χ1) is 8.22. The largest absolute Gasteiger partial charge is 0.311 e. The van der Waals surface area contributed by atoms with Crippen LogP contribution in [0.5, 0.6) is 0 Å². The number of nitrogens with zero attached hydrogens (tertiary/aromatic N) is 2. The third-order valence-corrected chi connectivity index (χ3v) is 5.47. The zero-order valence-electron chi connectivity index (χ0n) is 10.5. The van der Waals surface area contributed by atoms with Crippen molar-refractivity contribution in [3.05, 3.63) is 15.9 Å². The molecule has 0 bridgehead atoms. The first-order valence-corrected chi connectivity index (χ1v) is 8.17. The molecule has 0 saturated carbocycles. The maximum Gasteiger partial charge on any atom is 0.0739 e. The summed E-state index contributed by atoms with van der Waals surface area (Å²) in [5.74, 6) is 3.51. The fraction of sp³-hybridized carbons (Fsp3) is 0.750. The van der Waals surface area contributed by atoms with Crippen molar-refractivity contribution in [2.75, 3.05) is 18.1 Å². The monoisotopic (exact) mass is 317 g/mol. The lowest BCUT2D eigenvalue weighted by Crippen LogP contribution is -2.23. The summed E-state index contributed by atoms with van der Waals surface area (Å²) in [4.78, 5) is 0. The highest BCUT2D eigenvalue weighted by Crippen LogP contribution is 2.23. The Morgan fingerprint density at radius 1 is 1.59 bits per heavy atom. The van der Waals surface area contributed by atoms with E-state index in [0.29, 0.717) is 0 Å². The molecule has 5 heteroatoms. The molecule has 0 amide bonds. The molecule has 2 rings (SSSR count). The zero-order valence-corrected chi connectivity index (χ0v) is 12.9. The van der Waals surface area contributed by atoms with Crippen molar-refractivity contribution in [2.24, 2.45) is 5.92 Å². The average Bonchev–Trinajstić information content (AvgIpc) is 2.92. The Morgan fingerprint density at radius 2 is 2.41 bits per heavy atom.